The Bertz CT molecular complexity index is 1020. The highest BCUT2D eigenvalue weighted by molar-refractivity contribution is 6.01. The molecule has 186 valence electrons. The fourth-order valence-corrected chi connectivity index (χ4v) is 8.21. The predicted octanol–water partition coefficient (Wildman–Crippen LogP) is 2.85. The topological polar surface area (TPSA) is 99.1 Å². The quantitative estimate of drug-likeness (QED) is 0.626. The van der Waals surface area contributed by atoms with Crippen LogP contribution in [0.25, 0.3) is 0 Å². The van der Waals surface area contributed by atoms with Crippen molar-refractivity contribution in [3.05, 3.63) is 23.8 Å². The molecule has 1 aliphatic heterocycles. The number of Topliss-reactive ketones (excluding diaryl/α,β-unsaturated/α-hetero) is 1. The van der Waals surface area contributed by atoms with Crippen LogP contribution in [0, 0.1) is 28.6 Å². The van der Waals surface area contributed by atoms with Crippen molar-refractivity contribution in [2.75, 3.05) is 6.61 Å². The zero-order valence-corrected chi connectivity index (χ0v) is 20.3. The van der Waals surface area contributed by atoms with Crippen molar-refractivity contribution in [2.45, 2.75) is 83.6 Å². The first-order valence-corrected chi connectivity index (χ1v) is 12.1. The monoisotopic (exact) mass is 476 g/mol. The number of halogens is 1. The van der Waals surface area contributed by atoms with Gasteiger partial charge in [0.25, 0.3) is 0 Å². The van der Waals surface area contributed by atoms with Crippen LogP contribution in [-0.4, -0.2) is 59.0 Å². The molecule has 34 heavy (non-hydrogen) atoms. The molecule has 7 nitrogen and oxygen atoms in total. The van der Waals surface area contributed by atoms with E-state index in [2.05, 4.69) is 0 Å². The lowest BCUT2D eigenvalue weighted by Crippen LogP contribution is -2.64. The summed E-state index contributed by atoms with van der Waals surface area (Å²) >= 11 is 0. The largest absolute Gasteiger partial charge is 0.458 e. The summed E-state index contributed by atoms with van der Waals surface area (Å²) in [5.41, 5.74) is -2.63. The molecule has 0 spiro atoms. The van der Waals surface area contributed by atoms with Gasteiger partial charge in [0.15, 0.2) is 23.8 Å². The van der Waals surface area contributed by atoms with Gasteiger partial charge in [-0.05, 0) is 62.7 Å². The molecule has 0 radical (unpaired) electrons. The van der Waals surface area contributed by atoms with Gasteiger partial charge in [-0.25, -0.2) is 4.39 Å². The van der Waals surface area contributed by atoms with Crippen molar-refractivity contribution in [3.63, 3.8) is 0 Å². The second-order valence-corrected chi connectivity index (χ2v) is 11.6. The van der Waals surface area contributed by atoms with Gasteiger partial charge in [0.1, 0.15) is 6.17 Å². The summed E-state index contributed by atoms with van der Waals surface area (Å²) in [7, 11) is 0. The van der Waals surface area contributed by atoms with Crippen molar-refractivity contribution >= 4 is 17.5 Å². The molecule has 4 unspecified atom stereocenters. The van der Waals surface area contributed by atoms with E-state index in [0.29, 0.717) is 12.0 Å². The fraction of sp³-hybridized carbons (Fsp3) is 0.731. The van der Waals surface area contributed by atoms with E-state index in [4.69, 9.17) is 14.2 Å². The van der Waals surface area contributed by atoms with Crippen LogP contribution >= 0.6 is 0 Å². The van der Waals surface area contributed by atoms with E-state index in [0.717, 1.165) is 0 Å². The molecule has 1 saturated heterocycles. The number of hydrogen-bond acceptors (Lipinski definition) is 7. The Hall–Kier alpha value is -1.90. The van der Waals surface area contributed by atoms with Crippen LogP contribution in [0.5, 0.6) is 0 Å². The highest BCUT2D eigenvalue weighted by Crippen LogP contribution is 2.70. The van der Waals surface area contributed by atoms with Crippen LogP contribution in [0.2, 0.25) is 0 Å². The Morgan fingerprint density at radius 3 is 2.62 bits per heavy atom. The number of carbonyl (C=O) groups excluding carboxylic acids is 3. The molecule has 3 saturated carbocycles. The second-order valence-electron chi connectivity index (χ2n) is 11.6. The van der Waals surface area contributed by atoms with Crippen LogP contribution in [0.3, 0.4) is 0 Å². The summed E-state index contributed by atoms with van der Waals surface area (Å²) in [6.07, 6.45) is 2.70. The summed E-state index contributed by atoms with van der Waals surface area (Å²) in [4.78, 5) is 37.1. The molecule has 4 aliphatic carbocycles. The predicted molar refractivity (Wildman–Crippen MR) is 118 cm³/mol. The number of esters is 1. The van der Waals surface area contributed by atoms with Gasteiger partial charge < -0.3 is 19.3 Å². The molecule has 1 N–H and O–H groups in total. The van der Waals surface area contributed by atoms with Gasteiger partial charge in [0.05, 0.1) is 12.2 Å². The summed E-state index contributed by atoms with van der Waals surface area (Å²) in [6.45, 7) is 8.10. The molecule has 5 aliphatic rings. The van der Waals surface area contributed by atoms with Gasteiger partial charge in [-0.15, -0.1) is 0 Å². The number of fused-ring (bicyclic) bond motifs is 7. The normalized spacial score (nSPS) is 48.3. The average molecular weight is 477 g/mol. The van der Waals surface area contributed by atoms with Gasteiger partial charge in [0, 0.05) is 23.7 Å². The van der Waals surface area contributed by atoms with Gasteiger partial charge in [0.2, 0.25) is 5.78 Å². The van der Waals surface area contributed by atoms with E-state index in [-0.39, 0.29) is 36.4 Å². The first-order valence-electron chi connectivity index (χ1n) is 12.1. The number of hydrogen-bond donors (Lipinski definition) is 1. The maximum absolute atomic E-state index is 15.6. The number of aliphatic hydroxyl groups is 1. The third-order valence-corrected chi connectivity index (χ3v) is 9.29. The minimum Gasteiger partial charge on any atom is -0.458 e. The van der Waals surface area contributed by atoms with Crippen LogP contribution in [0.15, 0.2) is 23.8 Å². The SMILES string of the molecule is CC(=O)OCC(=O)[C@@]12OC(C)(C)O[C@@H]1CC1C3C[C@H](F)C4=CC(=O)C=C[C@]4(C)C3C(O)C[C@@]12C. The molecular formula is C26H33FO7. The second kappa shape index (κ2) is 7.31. The van der Waals surface area contributed by atoms with Crippen LogP contribution in [0.4, 0.5) is 4.39 Å². The standard InChI is InChI=1S/C26H33FO7/c1-13(28)32-12-20(31)26-21(33-23(2,3)34-26)10-16-15-9-18(27)17-8-14(29)6-7-24(17,4)22(15)19(30)11-25(16,26)5/h6-8,15-16,18-19,21-22,30H,9-12H2,1-5H3/t15?,16?,18-,19?,21+,22?,24-,25-,26+/m0/s1. The van der Waals surface area contributed by atoms with Gasteiger partial charge in [-0.1, -0.05) is 19.9 Å². The minimum absolute atomic E-state index is 0.161. The van der Waals surface area contributed by atoms with E-state index in [1.807, 2.05) is 13.8 Å². The zero-order chi connectivity index (χ0) is 24.8. The highest BCUT2D eigenvalue weighted by atomic mass is 19.1. The van der Waals surface area contributed by atoms with Crippen LogP contribution < -0.4 is 0 Å². The third-order valence-electron chi connectivity index (χ3n) is 9.29. The number of ether oxygens (including phenoxy) is 3. The molecule has 4 fully saturated rings. The van der Waals surface area contributed by atoms with Gasteiger partial charge in [-0.2, -0.15) is 0 Å². The van der Waals surface area contributed by atoms with Gasteiger partial charge in [-0.3, -0.25) is 14.4 Å². The number of rotatable bonds is 3. The van der Waals surface area contributed by atoms with E-state index in [1.165, 1.54) is 19.1 Å². The van der Waals surface area contributed by atoms with E-state index in [1.54, 1.807) is 19.9 Å². The number of allylic oxidation sites excluding steroid dienone is 4. The van der Waals surface area contributed by atoms with Crippen LogP contribution in [0.1, 0.15) is 53.9 Å². The average Bonchev–Trinajstić information content (AvgIpc) is 3.13. The van der Waals surface area contributed by atoms with Crippen molar-refractivity contribution in [3.8, 4) is 0 Å². The fourth-order valence-electron chi connectivity index (χ4n) is 8.21. The van der Waals surface area contributed by atoms with E-state index >= 15 is 4.39 Å². The first kappa shape index (κ1) is 23.8. The smallest absolute Gasteiger partial charge is 0.303 e. The van der Waals surface area contributed by atoms with E-state index in [9.17, 15) is 19.5 Å². The summed E-state index contributed by atoms with van der Waals surface area (Å²) in [5, 5.41) is 11.6. The molecule has 0 aromatic heterocycles. The number of ketones is 2. The lowest BCUT2D eigenvalue weighted by atomic mass is 9.46. The molecule has 5 rings (SSSR count). The molecule has 0 aromatic carbocycles. The summed E-state index contributed by atoms with van der Waals surface area (Å²) < 4.78 is 33.2. The molecule has 0 bridgehead atoms. The molecule has 1 heterocycles. The Balaban J connectivity index is 1.58. The summed E-state index contributed by atoms with van der Waals surface area (Å²) in [5.74, 6) is -2.94. The van der Waals surface area contributed by atoms with Crippen molar-refractivity contribution in [1.82, 2.24) is 0 Å². The molecule has 9 atom stereocenters. The van der Waals surface area contributed by atoms with Gasteiger partial charge >= 0.3 is 5.97 Å². The first-order chi connectivity index (χ1) is 15.7. The Labute approximate surface area is 198 Å². The van der Waals surface area contributed by atoms with Crippen molar-refractivity contribution in [2.24, 2.45) is 28.6 Å². The Morgan fingerprint density at radius 2 is 1.94 bits per heavy atom. The minimum atomic E-state index is -1.41. The Kier molecular flexibility index (Phi) is 5.12. The van der Waals surface area contributed by atoms with Crippen molar-refractivity contribution in [1.29, 1.82) is 0 Å². The zero-order valence-electron chi connectivity index (χ0n) is 20.3. The summed E-state index contributed by atoms with van der Waals surface area (Å²) in [6, 6.07) is 0. The lowest BCUT2D eigenvalue weighted by molar-refractivity contribution is -0.227. The molecule has 8 heteroatoms. The highest BCUT2D eigenvalue weighted by Gasteiger charge is 2.77. The maximum Gasteiger partial charge on any atom is 0.303 e. The van der Waals surface area contributed by atoms with Crippen LogP contribution in [-0.2, 0) is 28.6 Å². The molecule has 0 aromatic rings. The third kappa shape index (κ3) is 3.00. The maximum atomic E-state index is 15.6. The number of alkyl halides is 1. The van der Waals surface area contributed by atoms with Crippen molar-refractivity contribution < 1.29 is 38.1 Å². The number of carbonyl (C=O) groups is 3. The molecule has 0 amide bonds. The lowest BCUT2D eigenvalue weighted by Gasteiger charge is -2.60. The Morgan fingerprint density at radius 1 is 1.24 bits per heavy atom. The number of aliphatic hydroxyl groups excluding tert-OH is 1. The van der Waals surface area contributed by atoms with E-state index < -0.39 is 59.0 Å². The molecular weight excluding hydrogens is 443 g/mol.